The maximum Gasteiger partial charge on any atom is 0.325 e. The van der Waals surface area contributed by atoms with E-state index in [1.54, 1.807) is 36.2 Å². The molecule has 0 saturated heterocycles. The van der Waals surface area contributed by atoms with E-state index in [0.29, 0.717) is 5.56 Å². The monoisotopic (exact) mass is 458 g/mol. The third kappa shape index (κ3) is 5.44. The average Bonchev–Trinajstić information content (AvgIpc) is 2.75. The maximum atomic E-state index is 12.5. The Kier molecular flexibility index (Phi) is 7.04. The Morgan fingerprint density at radius 1 is 1.14 bits per heavy atom. The van der Waals surface area contributed by atoms with E-state index >= 15 is 0 Å². The summed E-state index contributed by atoms with van der Waals surface area (Å²) in [6.45, 7) is -0.639. The van der Waals surface area contributed by atoms with E-state index in [-0.39, 0.29) is 31.0 Å². The molecule has 1 aliphatic carbocycles. The van der Waals surface area contributed by atoms with E-state index in [0.717, 1.165) is 29.3 Å². The molecule has 2 aromatic carbocycles. The van der Waals surface area contributed by atoms with Gasteiger partial charge in [0.2, 0.25) is 0 Å². The summed E-state index contributed by atoms with van der Waals surface area (Å²) >= 11 is 3.30. The highest BCUT2D eigenvalue weighted by Gasteiger charge is 2.26. The van der Waals surface area contributed by atoms with E-state index in [1.807, 2.05) is 18.2 Å². The van der Waals surface area contributed by atoms with Gasteiger partial charge in [0.15, 0.2) is 6.61 Å². The average molecular weight is 459 g/mol. The molecule has 0 bridgehead atoms. The van der Waals surface area contributed by atoms with Gasteiger partial charge in [-0.3, -0.25) is 14.4 Å². The first-order chi connectivity index (χ1) is 14.0. The highest BCUT2D eigenvalue weighted by atomic mass is 79.9. The third-order valence-electron chi connectivity index (χ3n) is 5.05. The van der Waals surface area contributed by atoms with Crippen LogP contribution in [-0.4, -0.2) is 42.9 Å². The number of benzene rings is 2. The van der Waals surface area contributed by atoms with Gasteiger partial charge >= 0.3 is 5.97 Å². The SMILES string of the molecule is CN(C(=O)COC(=O)CNC(=O)c1ccc(Br)cc1)C1CCCc2ccccc21. The second-order valence-corrected chi connectivity index (χ2v) is 7.88. The lowest BCUT2D eigenvalue weighted by molar-refractivity contribution is -0.151. The Hall–Kier alpha value is -2.67. The van der Waals surface area contributed by atoms with Crippen LogP contribution in [0.15, 0.2) is 53.0 Å². The van der Waals surface area contributed by atoms with Gasteiger partial charge in [0.1, 0.15) is 6.54 Å². The zero-order valence-corrected chi connectivity index (χ0v) is 17.8. The molecule has 0 saturated carbocycles. The predicted octanol–water partition coefficient (Wildman–Crippen LogP) is 3.26. The molecular formula is C22H23BrN2O4. The molecule has 152 valence electrons. The molecule has 1 atom stereocenters. The van der Waals surface area contributed by atoms with Gasteiger partial charge in [-0.2, -0.15) is 0 Å². The summed E-state index contributed by atoms with van der Waals surface area (Å²) < 4.78 is 5.91. The van der Waals surface area contributed by atoms with Crippen molar-refractivity contribution in [1.82, 2.24) is 10.2 Å². The first-order valence-corrected chi connectivity index (χ1v) is 10.3. The number of carbonyl (C=O) groups excluding carboxylic acids is 3. The van der Waals surface area contributed by atoms with Crippen LogP contribution in [0.4, 0.5) is 0 Å². The Morgan fingerprint density at radius 3 is 2.62 bits per heavy atom. The minimum absolute atomic E-state index is 0.0109. The van der Waals surface area contributed by atoms with Gasteiger partial charge in [-0.05, 0) is 54.7 Å². The Morgan fingerprint density at radius 2 is 1.86 bits per heavy atom. The van der Waals surface area contributed by atoms with E-state index in [1.165, 1.54) is 5.56 Å². The number of hydrogen-bond donors (Lipinski definition) is 1. The molecule has 2 amide bonds. The number of halogens is 1. The molecule has 0 aromatic heterocycles. The maximum absolute atomic E-state index is 12.5. The Labute approximate surface area is 178 Å². The summed E-state index contributed by atoms with van der Waals surface area (Å²) in [6.07, 6.45) is 2.92. The highest BCUT2D eigenvalue weighted by Crippen LogP contribution is 2.33. The van der Waals surface area contributed by atoms with Gasteiger partial charge in [0.25, 0.3) is 11.8 Å². The highest BCUT2D eigenvalue weighted by molar-refractivity contribution is 9.10. The molecule has 3 rings (SSSR count). The van der Waals surface area contributed by atoms with E-state index < -0.39 is 5.97 Å². The fourth-order valence-electron chi connectivity index (χ4n) is 3.46. The van der Waals surface area contributed by atoms with Crippen LogP contribution in [0, 0.1) is 0 Å². The van der Waals surface area contributed by atoms with Crippen molar-refractivity contribution in [3.63, 3.8) is 0 Å². The molecule has 7 heteroatoms. The summed E-state index contributed by atoms with van der Waals surface area (Å²) in [7, 11) is 1.73. The molecule has 29 heavy (non-hydrogen) atoms. The van der Waals surface area contributed by atoms with Crippen LogP contribution in [-0.2, 0) is 20.7 Å². The van der Waals surface area contributed by atoms with Crippen molar-refractivity contribution in [2.45, 2.75) is 25.3 Å². The van der Waals surface area contributed by atoms with Crippen LogP contribution in [0.3, 0.4) is 0 Å². The fourth-order valence-corrected chi connectivity index (χ4v) is 3.72. The zero-order valence-electron chi connectivity index (χ0n) is 16.2. The molecule has 0 heterocycles. The lowest BCUT2D eigenvalue weighted by Crippen LogP contribution is -2.37. The lowest BCUT2D eigenvalue weighted by atomic mass is 9.87. The van der Waals surface area contributed by atoms with Gasteiger partial charge in [-0.1, -0.05) is 40.2 Å². The molecule has 1 N–H and O–H groups in total. The van der Waals surface area contributed by atoms with Crippen molar-refractivity contribution in [3.05, 3.63) is 69.7 Å². The zero-order chi connectivity index (χ0) is 20.8. The number of nitrogens with zero attached hydrogens (tertiary/aromatic N) is 1. The summed E-state index contributed by atoms with van der Waals surface area (Å²) in [5.41, 5.74) is 2.85. The molecule has 6 nitrogen and oxygen atoms in total. The van der Waals surface area contributed by atoms with Gasteiger partial charge in [0.05, 0.1) is 6.04 Å². The van der Waals surface area contributed by atoms with Crippen molar-refractivity contribution >= 4 is 33.7 Å². The molecule has 0 radical (unpaired) electrons. The third-order valence-corrected chi connectivity index (χ3v) is 5.58. The number of hydrogen-bond acceptors (Lipinski definition) is 4. The number of fused-ring (bicyclic) bond motifs is 1. The number of rotatable bonds is 6. The second kappa shape index (κ2) is 9.69. The lowest BCUT2D eigenvalue weighted by Gasteiger charge is -2.33. The summed E-state index contributed by atoms with van der Waals surface area (Å²) in [6, 6.07) is 14.9. The molecule has 0 fully saturated rings. The topological polar surface area (TPSA) is 75.7 Å². The quantitative estimate of drug-likeness (QED) is 0.673. The van der Waals surface area contributed by atoms with Crippen molar-refractivity contribution in [2.75, 3.05) is 20.2 Å². The predicted molar refractivity (Wildman–Crippen MR) is 112 cm³/mol. The van der Waals surface area contributed by atoms with Gasteiger partial charge in [-0.25, -0.2) is 0 Å². The molecule has 0 spiro atoms. The normalized spacial score (nSPS) is 15.2. The number of amides is 2. The summed E-state index contributed by atoms with van der Waals surface area (Å²) in [5, 5.41) is 2.49. The minimum atomic E-state index is -0.652. The van der Waals surface area contributed by atoms with Crippen LogP contribution in [0.25, 0.3) is 0 Å². The minimum Gasteiger partial charge on any atom is -0.454 e. The van der Waals surface area contributed by atoms with E-state index in [2.05, 4.69) is 27.3 Å². The number of carbonyl (C=O) groups is 3. The Balaban J connectivity index is 1.47. The number of likely N-dealkylation sites (N-methyl/N-ethyl adjacent to an activating group) is 1. The molecule has 2 aromatic rings. The van der Waals surface area contributed by atoms with Gasteiger partial charge in [-0.15, -0.1) is 0 Å². The van der Waals surface area contributed by atoms with Crippen LogP contribution in [0.2, 0.25) is 0 Å². The van der Waals surface area contributed by atoms with Crippen molar-refractivity contribution < 1.29 is 19.1 Å². The molecular weight excluding hydrogens is 436 g/mol. The standard InChI is InChI=1S/C22H23BrN2O4/c1-25(19-8-4-6-15-5-2-3-7-18(15)19)20(26)14-29-21(27)13-24-22(28)16-9-11-17(23)12-10-16/h2-3,5,7,9-12,19H,4,6,8,13-14H2,1H3,(H,24,28). The molecule has 0 aliphatic heterocycles. The van der Waals surface area contributed by atoms with Crippen molar-refractivity contribution in [1.29, 1.82) is 0 Å². The van der Waals surface area contributed by atoms with Crippen LogP contribution in [0.1, 0.15) is 40.4 Å². The number of nitrogens with one attached hydrogen (secondary N) is 1. The summed E-state index contributed by atoms with van der Waals surface area (Å²) in [5.74, 6) is -1.29. The van der Waals surface area contributed by atoms with Crippen molar-refractivity contribution in [3.8, 4) is 0 Å². The largest absolute Gasteiger partial charge is 0.454 e. The number of esters is 1. The smallest absolute Gasteiger partial charge is 0.325 e. The van der Waals surface area contributed by atoms with E-state index in [9.17, 15) is 14.4 Å². The van der Waals surface area contributed by atoms with Crippen LogP contribution >= 0.6 is 15.9 Å². The van der Waals surface area contributed by atoms with Gasteiger partial charge in [0, 0.05) is 17.1 Å². The fraction of sp³-hybridized carbons (Fsp3) is 0.318. The first kappa shape index (κ1) is 21.0. The molecule has 1 aliphatic rings. The van der Waals surface area contributed by atoms with Crippen LogP contribution < -0.4 is 5.32 Å². The molecule has 1 unspecified atom stereocenters. The summed E-state index contributed by atoms with van der Waals surface area (Å²) in [4.78, 5) is 38.1. The number of ether oxygens (including phenoxy) is 1. The van der Waals surface area contributed by atoms with Crippen LogP contribution in [0.5, 0.6) is 0 Å². The second-order valence-electron chi connectivity index (χ2n) is 6.96. The van der Waals surface area contributed by atoms with Crippen molar-refractivity contribution in [2.24, 2.45) is 0 Å². The number of aryl methyl sites for hydroxylation is 1. The Bertz CT molecular complexity index is 898. The van der Waals surface area contributed by atoms with E-state index in [4.69, 9.17) is 4.74 Å². The first-order valence-electron chi connectivity index (χ1n) is 9.48. The van der Waals surface area contributed by atoms with Gasteiger partial charge < -0.3 is 15.0 Å².